The Labute approximate surface area is 76.2 Å². The molecule has 1 aromatic rings. The van der Waals surface area contributed by atoms with Gasteiger partial charge < -0.3 is 5.32 Å². The van der Waals surface area contributed by atoms with Crippen LogP contribution >= 0.6 is 11.3 Å². The first kappa shape index (κ1) is 7.98. The van der Waals surface area contributed by atoms with E-state index < -0.39 is 0 Å². The van der Waals surface area contributed by atoms with Gasteiger partial charge in [-0.25, -0.2) is 0 Å². The lowest BCUT2D eigenvalue weighted by Crippen LogP contribution is -2.44. The third kappa shape index (κ3) is 1.31. The van der Waals surface area contributed by atoms with Gasteiger partial charge in [0.05, 0.1) is 0 Å². The van der Waals surface area contributed by atoms with Crippen molar-refractivity contribution in [3.63, 3.8) is 0 Å². The largest absolute Gasteiger partial charge is 0.355 e. The van der Waals surface area contributed by atoms with E-state index >= 15 is 0 Å². The minimum atomic E-state index is 0.347. The molecule has 0 aliphatic heterocycles. The normalized spacial score (nSPS) is 20.1. The number of nitrogens with zero attached hydrogens (tertiary/aromatic N) is 2. The molecular formula is C8H13N3S. The minimum absolute atomic E-state index is 0.347. The first-order valence-corrected chi connectivity index (χ1v) is 5.27. The van der Waals surface area contributed by atoms with E-state index in [1.165, 1.54) is 25.7 Å². The van der Waals surface area contributed by atoms with Gasteiger partial charge in [-0.05, 0) is 25.7 Å². The van der Waals surface area contributed by atoms with Gasteiger partial charge in [0.15, 0.2) is 0 Å². The first-order valence-electron chi connectivity index (χ1n) is 4.39. The zero-order valence-electron chi connectivity index (χ0n) is 7.21. The van der Waals surface area contributed by atoms with Crippen molar-refractivity contribution >= 4 is 16.5 Å². The second-order valence-corrected chi connectivity index (χ2v) is 4.19. The Bertz CT molecular complexity index is 235. The third-order valence-electron chi connectivity index (χ3n) is 2.72. The van der Waals surface area contributed by atoms with Crippen LogP contribution in [0.2, 0.25) is 0 Å². The summed E-state index contributed by atoms with van der Waals surface area (Å²) in [6.07, 6.45) is 5.10. The molecule has 1 fully saturated rings. The lowest BCUT2D eigenvalue weighted by molar-refractivity contribution is 0.269. The molecule has 1 N–H and O–H groups in total. The summed E-state index contributed by atoms with van der Waals surface area (Å²) in [5.41, 5.74) is 2.11. The fourth-order valence-electron chi connectivity index (χ4n) is 1.62. The number of nitrogens with one attached hydrogen (secondary N) is 1. The maximum absolute atomic E-state index is 3.99. The summed E-state index contributed by atoms with van der Waals surface area (Å²) in [6.45, 7) is 2.23. The van der Waals surface area contributed by atoms with E-state index in [2.05, 4.69) is 22.4 Å². The summed E-state index contributed by atoms with van der Waals surface area (Å²) < 4.78 is 0. The lowest BCUT2D eigenvalue weighted by Gasteiger charge is -2.41. The predicted molar refractivity (Wildman–Crippen MR) is 50.4 cm³/mol. The fraction of sp³-hybridized carbons (Fsp3) is 0.750. The lowest BCUT2D eigenvalue weighted by atomic mass is 9.75. The molecule has 0 bridgehead atoms. The van der Waals surface area contributed by atoms with Crippen LogP contribution in [-0.4, -0.2) is 15.7 Å². The molecule has 2 rings (SSSR count). The van der Waals surface area contributed by atoms with Crippen LogP contribution in [-0.2, 0) is 0 Å². The predicted octanol–water partition coefficient (Wildman–Crippen LogP) is 2.28. The Kier molecular flexibility index (Phi) is 2.00. The molecule has 0 saturated heterocycles. The SMILES string of the molecule is CCC1(Nc2nncs2)CCC1. The van der Waals surface area contributed by atoms with E-state index in [9.17, 15) is 0 Å². The van der Waals surface area contributed by atoms with Gasteiger partial charge in [-0.2, -0.15) is 0 Å². The van der Waals surface area contributed by atoms with Gasteiger partial charge in [-0.15, -0.1) is 10.2 Å². The maximum atomic E-state index is 3.99. The molecule has 0 amide bonds. The van der Waals surface area contributed by atoms with Gasteiger partial charge in [-0.1, -0.05) is 18.3 Å². The van der Waals surface area contributed by atoms with E-state index in [0.717, 1.165) is 5.13 Å². The van der Waals surface area contributed by atoms with Crippen molar-refractivity contribution in [2.24, 2.45) is 0 Å². The van der Waals surface area contributed by atoms with Crippen molar-refractivity contribution in [1.82, 2.24) is 10.2 Å². The zero-order chi connectivity index (χ0) is 8.44. The monoisotopic (exact) mass is 183 g/mol. The van der Waals surface area contributed by atoms with Crippen LogP contribution in [0.4, 0.5) is 5.13 Å². The molecule has 0 spiro atoms. The number of hydrogen-bond acceptors (Lipinski definition) is 4. The highest BCUT2D eigenvalue weighted by atomic mass is 32.1. The second-order valence-electron chi connectivity index (χ2n) is 3.36. The molecule has 0 atom stereocenters. The number of aromatic nitrogens is 2. The van der Waals surface area contributed by atoms with Crippen molar-refractivity contribution in [2.75, 3.05) is 5.32 Å². The molecule has 3 nitrogen and oxygen atoms in total. The van der Waals surface area contributed by atoms with E-state index in [-0.39, 0.29) is 0 Å². The summed E-state index contributed by atoms with van der Waals surface area (Å²) >= 11 is 1.58. The smallest absolute Gasteiger partial charge is 0.205 e. The molecule has 0 radical (unpaired) electrons. The Morgan fingerprint density at radius 2 is 2.50 bits per heavy atom. The standard InChI is InChI=1S/C8H13N3S/c1-2-8(4-3-5-8)10-7-11-9-6-12-7/h6H,2-5H2,1H3,(H,10,11). The van der Waals surface area contributed by atoms with Crippen LogP contribution in [0.15, 0.2) is 5.51 Å². The van der Waals surface area contributed by atoms with E-state index in [1.807, 2.05) is 0 Å². The summed E-state index contributed by atoms with van der Waals surface area (Å²) in [5, 5.41) is 12.2. The zero-order valence-corrected chi connectivity index (χ0v) is 8.02. The van der Waals surface area contributed by atoms with Crippen LogP contribution in [0.5, 0.6) is 0 Å². The summed E-state index contributed by atoms with van der Waals surface area (Å²) in [4.78, 5) is 0. The Hall–Kier alpha value is -0.640. The van der Waals surface area contributed by atoms with Crippen LogP contribution < -0.4 is 5.32 Å². The molecule has 1 aliphatic rings. The van der Waals surface area contributed by atoms with Crippen molar-refractivity contribution in [1.29, 1.82) is 0 Å². The quantitative estimate of drug-likeness (QED) is 0.781. The van der Waals surface area contributed by atoms with Gasteiger partial charge in [0.1, 0.15) is 5.51 Å². The molecule has 1 saturated carbocycles. The molecule has 0 unspecified atom stereocenters. The topological polar surface area (TPSA) is 37.8 Å². The van der Waals surface area contributed by atoms with Crippen molar-refractivity contribution in [3.05, 3.63) is 5.51 Å². The molecular weight excluding hydrogens is 170 g/mol. The Balaban J connectivity index is 2.01. The number of rotatable bonds is 3. The average Bonchev–Trinajstić information content (AvgIpc) is 2.49. The van der Waals surface area contributed by atoms with Crippen LogP contribution in [0, 0.1) is 0 Å². The van der Waals surface area contributed by atoms with E-state index in [1.54, 1.807) is 16.8 Å². The van der Waals surface area contributed by atoms with Crippen molar-refractivity contribution in [3.8, 4) is 0 Å². The fourth-order valence-corrected chi connectivity index (χ4v) is 2.19. The highest BCUT2D eigenvalue weighted by Gasteiger charge is 2.35. The van der Waals surface area contributed by atoms with Gasteiger partial charge in [0.25, 0.3) is 0 Å². The molecule has 12 heavy (non-hydrogen) atoms. The molecule has 66 valence electrons. The summed E-state index contributed by atoms with van der Waals surface area (Å²) in [7, 11) is 0. The second kappa shape index (κ2) is 3.01. The molecule has 1 aromatic heterocycles. The maximum Gasteiger partial charge on any atom is 0.205 e. The van der Waals surface area contributed by atoms with Gasteiger partial charge in [-0.3, -0.25) is 0 Å². The van der Waals surface area contributed by atoms with E-state index in [4.69, 9.17) is 0 Å². The van der Waals surface area contributed by atoms with Crippen molar-refractivity contribution < 1.29 is 0 Å². The van der Waals surface area contributed by atoms with Crippen LogP contribution in [0.25, 0.3) is 0 Å². The Morgan fingerprint density at radius 3 is 2.92 bits per heavy atom. The molecule has 1 heterocycles. The first-order chi connectivity index (χ1) is 5.85. The van der Waals surface area contributed by atoms with Crippen LogP contribution in [0.3, 0.4) is 0 Å². The minimum Gasteiger partial charge on any atom is -0.355 e. The highest BCUT2D eigenvalue weighted by molar-refractivity contribution is 7.13. The van der Waals surface area contributed by atoms with Gasteiger partial charge >= 0.3 is 0 Å². The number of hydrogen-bond donors (Lipinski definition) is 1. The Morgan fingerprint density at radius 1 is 1.67 bits per heavy atom. The molecule has 0 aromatic carbocycles. The van der Waals surface area contributed by atoms with Crippen molar-refractivity contribution in [2.45, 2.75) is 38.1 Å². The summed E-state index contributed by atoms with van der Waals surface area (Å²) in [6, 6.07) is 0. The molecule has 4 heteroatoms. The third-order valence-corrected chi connectivity index (χ3v) is 3.33. The average molecular weight is 183 g/mol. The molecule has 1 aliphatic carbocycles. The van der Waals surface area contributed by atoms with Crippen LogP contribution in [0.1, 0.15) is 32.6 Å². The highest BCUT2D eigenvalue weighted by Crippen LogP contribution is 2.37. The summed E-state index contributed by atoms with van der Waals surface area (Å²) in [5.74, 6) is 0. The van der Waals surface area contributed by atoms with Gasteiger partial charge in [0, 0.05) is 5.54 Å². The van der Waals surface area contributed by atoms with Gasteiger partial charge in [0.2, 0.25) is 5.13 Å². The number of anilines is 1. The van der Waals surface area contributed by atoms with E-state index in [0.29, 0.717) is 5.54 Å².